The van der Waals surface area contributed by atoms with Gasteiger partial charge in [-0.05, 0) is 30.7 Å². The Balaban J connectivity index is 1.85. The number of thioether (sulfide) groups is 1. The zero-order chi connectivity index (χ0) is 17.4. The van der Waals surface area contributed by atoms with Gasteiger partial charge in [-0.25, -0.2) is 4.79 Å². The van der Waals surface area contributed by atoms with Crippen LogP contribution in [0.15, 0.2) is 33.9 Å². The van der Waals surface area contributed by atoms with Gasteiger partial charge < -0.3 is 14.5 Å². The van der Waals surface area contributed by atoms with Crippen molar-refractivity contribution in [2.75, 3.05) is 19.4 Å². The van der Waals surface area contributed by atoms with Gasteiger partial charge in [0.05, 0.1) is 12.9 Å². The van der Waals surface area contributed by atoms with Gasteiger partial charge in [-0.1, -0.05) is 18.7 Å². The van der Waals surface area contributed by atoms with Gasteiger partial charge in [0.2, 0.25) is 11.8 Å². The molecule has 0 aliphatic carbocycles. The molecule has 2 aromatic rings. The summed E-state index contributed by atoms with van der Waals surface area (Å²) < 4.78 is 10.6. The molecule has 0 saturated carbocycles. The molecule has 0 aliphatic heterocycles. The lowest BCUT2D eigenvalue weighted by atomic mass is 10.2. The predicted molar refractivity (Wildman–Crippen MR) is 88.8 cm³/mol. The molecule has 2 rings (SSSR count). The summed E-state index contributed by atoms with van der Waals surface area (Å²) in [7, 11) is 1.59. The number of carbonyl (C=O) groups excluding carboxylic acids is 2. The number of nitrogens with one attached hydrogen (secondary N) is 2. The van der Waals surface area contributed by atoms with Crippen molar-refractivity contribution in [1.29, 1.82) is 0 Å². The Morgan fingerprint density at radius 3 is 2.67 bits per heavy atom. The molecule has 0 radical (unpaired) electrons. The Hall–Kier alpha value is -2.55. The van der Waals surface area contributed by atoms with Crippen LogP contribution in [-0.4, -0.2) is 41.5 Å². The lowest BCUT2D eigenvalue weighted by molar-refractivity contribution is -0.117. The van der Waals surface area contributed by atoms with E-state index in [0.29, 0.717) is 12.4 Å². The number of hydrogen-bond acceptors (Lipinski definition) is 7. The molecule has 0 saturated heterocycles. The second kappa shape index (κ2) is 8.92. The fourth-order valence-electron chi connectivity index (χ4n) is 1.69. The summed E-state index contributed by atoms with van der Waals surface area (Å²) in [6.45, 7) is 2.44. The topological polar surface area (TPSA) is 106 Å². The van der Waals surface area contributed by atoms with E-state index in [1.54, 1.807) is 31.4 Å². The fourth-order valence-corrected chi connectivity index (χ4v) is 2.25. The van der Waals surface area contributed by atoms with E-state index in [2.05, 4.69) is 20.8 Å². The number of hydrogen-bond donors (Lipinski definition) is 2. The number of urea groups is 1. The number of nitrogens with zero attached hydrogens (tertiary/aromatic N) is 2. The van der Waals surface area contributed by atoms with Gasteiger partial charge in [-0.2, -0.15) is 0 Å². The number of imide groups is 1. The standard InChI is InChI=1S/C15H18N4O4S/c1-3-8-16-14(21)17-12(20)9-24-15-19-18-13(23-15)10-4-6-11(22-2)7-5-10/h4-7H,3,8-9H2,1-2H3,(H2,16,17,20,21). The lowest BCUT2D eigenvalue weighted by Crippen LogP contribution is -2.40. The zero-order valence-corrected chi connectivity index (χ0v) is 14.2. The number of methoxy groups -OCH3 is 1. The van der Waals surface area contributed by atoms with E-state index < -0.39 is 11.9 Å². The normalized spacial score (nSPS) is 10.2. The quantitative estimate of drug-likeness (QED) is 0.736. The largest absolute Gasteiger partial charge is 0.497 e. The highest BCUT2D eigenvalue weighted by Gasteiger charge is 2.12. The van der Waals surface area contributed by atoms with Crippen molar-refractivity contribution >= 4 is 23.7 Å². The molecule has 0 fully saturated rings. The van der Waals surface area contributed by atoms with Crippen LogP contribution in [0.2, 0.25) is 0 Å². The van der Waals surface area contributed by atoms with E-state index >= 15 is 0 Å². The maximum atomic E-state index is 11.6. The van der Waals surface area contributed by atoms with Crippen LogP contribution in [0, 0.1) is 0 Å². The van der Waals surface area contributed by atoms with Crippen molar-refractivity contribution < 1.29 is 18.7 Å². The first-order valence-corrected chi connectivity index (χ1v) is 8.29. The summed E-state index contributed by atoms with van der Waals surface area (Å²) in [5.41, 5.74) is 0.749. The molecule has 8 nitrogen and oxygen atoms in total. The molecule has 1 heterocycles. The van der Waals surface area contributed by atoms with E-state index in [1.807, 2.05) is 6.92 Å². The molecule has 1 aromatic heterocycles. The molecule has 0 bridgehead atoms. The van der Waals surface area contributed by atoms with Crippen LogP contribution in [0.25, 0.3) is 11.5 Å². The average molecular weight is 350 g/mol. The summed E-state index contributed by atoms with van der Waals surface area (Å²) in [6, 6.07) is 6.66. The fraction of sp³-hybridized carbons (Fsp3) is 0.333. The van der Waals surface area contributed by atoms with Crippen molar-refractivity contribution in [2.24, 2.45) is 0 Å². The van der Waals surface area contributed by atoms with Crippen LogP contribution in [0.1, 0.15) is 13.3 Å². The molecule has 3 amide bonds. The molecule has 0 spiro atoms. The third kappa shape index (κ3) is 5.27. The smallest absolute Gasteiger partial charge is 0.321 e. The molecule has 0 atom stereocenters. The Kier molecular flexibility index (Phi) is 6.62. The van der Waals surface area contributed by atoms with Crippen LogP contribution in [0.4, 0.5) is 4.79 Å². The number of rotatable bonds is 7. The van der Waals surface area contributed by atoms with Crippen molar-refractivity contribution in [1.82, 2.24) is 20.8 Å². The number of benzene rings is 1. The minimum Gasteiger partial charge on any atom is -0.497 e. The van der Waals surface area contributed by atoms with Gasteiger partial charge in [0.15, 0.2) is 0 Å². The van der Waals surface area contributed by atoms with Crippen LogP contribution in [0.5, 0.6) is 5.75 Å². The van der Waals surface area contributed by atoms with E-state index in [-0.39, 0.29) is 11.0 Å². The van der Waals surface area contributed by atoms with Crippen LogP contribution in [-0.2, 0) is 4.79 Å². The molecular weight excluding hydrogens is 332 g/mol. The number of aromatic nitrogens is 2. The summed E-state index contributed by atoms with van der Waals surface area (Å²) in [6.07, 6.45) is 0.798. The van der Waals surface area contributed by atoms with Crippen molar-refractivity contribution in [3.8, 4) is 17.2 Å². The van der Waals surface area contributed by atoms with Crippen molar-refractivity contribution in [3.63, 3.8) is 0 Å². The summed E-state index contributed by atoms with van der Waals surface area (Å²) in [4.78, 5) is 23.0. The molecule has 0 aliphatic rings. The number of amides is 3. The Morgan fingerprint density at radius 1 is 1.25 bits per heavy atom. The highest BCUT2D eigenvalue weighted by atomic mass is 32.2. The second-order valence-electron chi connectivity index (χ2n) is 4.69. The first-order chi connectivity index (χ1) is 11.6. The SMILES string of the molecule is CCCNC(=O)NC(=O)CSc1nnc(-c2ccc(OC)cc2)o1. The molecule has 128 valence electrons. The van der Waals surface area contributed by atoms with Gasteiger partial charge >= 0.3 is 6.03 Å². The predicted octanol–water partition coefficient (Wildman–Crippen LogP) is 2.07. The summed E-state index contributed by atoms with van der Waals surface area (Å²) in [5, 5.41) is 12.8. The molecule has 1 aromatic carbocycles. The molecular formula is C15H18N4O4S. The first kappa shape index (κ1) is 17.8. The van der Waals surface area contributed by atoms with Gasteiger partial charge in [-0.3, -0.25) is 10.1 Å². The van der Waals surface area contributed by atoms with E-state index in [4.69, 9.17) is 9.15 Å². The van der Waals surface area contributed by atoms with Crippen LogP contribution in [0.3, 0.4) is 0 Å². The lowest BCUT2D eigenvalue weighted by Gasteiger charge is -2.04. The first-order valence-electron chi connectivity index (χ1n) is 7.30. The van der Waals surface area contributed by atoms with E-state index in [9.17, 15) is 9.59 Å². The van der Waals surface area contributed by atoms with Crippen LogP contribution >= 0.6 is 11.8 Å². The van der Waals surface area contributed by atoms with Crippen molar-refractivity contribution in [2.45, 2.75) is 18.6 Å². The van der Waals surface area contributed by atoms with E-state index in [0.717, 1.165) is 29.5 Å². The Labute approximate surface area is 143 Å². The summed E-state index contributed by atoms with van der Waals surface area (Å²) in [5.74, 6) is 0.647. The third-order valence-corrected chi connectivity index (χ3v) is 3.68. The second-order valence-corrected chi connectivity index (χ2v) is 5.62. The Bertz CT molecular complexity index is 687. The maximum Gasteiger partial charge on any atom is 0.321 e. The maximum absolute atomic E-state index is 11.6. The minimum absolute atomic E-state index is 0.00376. The number of ether oxygens (including phenoxy) is 1. The van der Waals surface area contributed by atoms with Gasteiger partial charge in [-0.15, -0.1) is 10.2 Å². The molecule has 24 heavy (non-hydrogen) atoms. The van der Waals surface area contributed by atoms with Crippen molar-refractivity contribution in [3.05, 3.63) is 24.3 Å². The highest BCUT2D eigenvalue weighted by molar-refractivity contribution is 7.99. The van der Waals surface area contributed by atoms with Crippen LogP contribution < -0.4 is 15.4 Å². The monoisotopic (exact) mass is 350 g/mol. The highest BCUT2D eigenvalue weighted by Crippen LogP contribution is 2.24. The van der Waals surface area contributed by atoms with Gasteiger partial charge in [0.25, 0.3) is 5.22 Å². The zero-order valence-electron chi connectivity index (χ0n) is 13.4. The molecule has 2 N–H and O–H groups in total. The number of carbonyl (C=O) groups is 2. The van der Waals surface area contributed by atoms with Gasteiger partial charge in [0, 0.05) is 12.1 Å². The summed E-state index contributed by atoms with van der Waals surface area (Å²) >= 11 is 1.06. The van der Waals surface area contributed by atoms with Gasteiger partial charge in [0.1, 0.15) is 5.75 Å². The third-order valence-electron chi connectivity index (χ3n) is 2.86. The molecule has 0 unspecified atom stereocenters. The minimum atomic E-state index is -0.507. The Morgan fingerprint density at radius 2 is 2.00 bits per heavy atom. The molecule has 9 heteroatoms. The average Bonchev–Trinajstić information content (AvgIpc) is 3.07. The van der Waals surface area contributed by atoms with E-state index in [1.165, 1.54) is 0 Å².